The van der Waals surface area contributed by atoms with E-state index in [4.69, 9.17) is 14.1 Å². The van der Waals surface area contributed by atoms with Crippen molar-refractivity contribution in [3.05, 3.63) is 109 Å². The molecule has 162 valence electrons. The Morgan fingerprint density at radius 1 is 0.879 bits per heavy atom. The van der Waals surface area contributed by atoms with Gasteiger partial charge < -0.3 is 13.7 Å². The zero-order valence-electron chi connectivity index (χ0n) is 18.5. The van der Waals surface area contributed by atoms with Gasteiger partial charge in [-0.1, -0.05) is 66.7 Å². The van der Waals surface area contributed by atoms with Gasteiger partial charge in [0.05, 0.1) is 24.8 Å². The van der Waals surface area contributed by atoms with Crippen LogP contribution in [-0.2, 0) is 0 Å². The second kappa shape index (κ2) is 9.01. The molecule has 5 aromatic rings. The highest BCUT2D eigenvalue weighted by Gasteiger charge is 2.15. The standard InChI is InChI=1S/C28H23N3O2/c1-20-18-31(19-29-20)24-15-13-21(17-25(24)32-2)14-16-26-30-27(22-9-5-3-6-10-22)28(33-26)23-11-7-4-8-12-23/h3-19H,1-2H3/b16-14+. The molecular weight excluding hydrogens is 410 g/mol. The van der Waals surface area contributed by atoms with Crippen LogP contribution in [0.15, 0.2) is 95.8 Å². The number of aryl methyl sites for hydroxylation is 1. The second-order valence-corrected chi connectivity index (χ2v) is 7.65. The number of ether oxygens (including phenoxy) is 1. The maximum atomic E-state index is 6.19. The summed E-state index contributed by atoms with van der Waals surface area (Å²) in [4.78, 5) is 9.09. The van der Waals surface area contributed by atoms with Gasteiger partial charge in [-0.15, -0.1) is 0 Å². The van der Waals surface area contributed by atoms with Gasteiger partial charge in [-0.25, -0.2) is 9.97 Å². The Morgan fingerprint density at radius 3 is 2.27 bits per heavy atom. The molecule has 0 atom stereocenters. The maximum Gasteiger partial charge on any atom is 0.220 e. The Labute approximate surface area is 192 Å². The van der Waals surface area contributed by atoms with E-state index in [1.807, 2.05) is 109 Å². The van der Waals surface area contributed by atoms with Crippen LogP contribution in [0.5, 0.6) is 5.75 Å². The molecular formula is C28H23N3O2. The zero-order valence-corrected chi connectivity index (χ0v) is 18.5. The number of hydrogen-bond acceptors (Lipinski definition) is 4. The van der Waals surface area contributed by atoms with E-state index in [2.05, 4.69) is 4.98 Å². The fourth-order valence-corrected chi connectivity index (χ4v) is 3.72. The van der Waals surface area contributed by atoms with Crippen molar-refractivity contribution in [3.8, 4) is 34.0 Å². The van der Waals surface area contributed by atoms with Crippen molar-refractivity contribution >= 4 is 12.2 Å². The first-order valence-corrected chi connectivity index (χ1v) is 10.7. The molecule has 0 aliphatic rings. The van der Waals surface area contributed by atoms with Gasteiger partial charge in [0, 0.05) is 23.4 Å². The van der Waals surface area contributed by atoms with Crippen LogP contribution in [0.25, 0.3) is 40.4 Å². The third-order valence-corrected chi connectivity index (χ3v) is 5.34. The molecule has 33 heavy (non-hydrogen) atoms. The van der Waals surface area contributed by atoms with Gasteiger partial charge in [-0.05, 0) is 30.7 Å². The monoisotopic (exact) mass is 433 g/mol. The van der Waals surface area contributed by atoms with Crippen LogP contribution in [0.3, 0.4) is 0 Å². The average Bonchev–Trinajstić information content (AvgIpc) is 3.50. The van der Waals surface area contributed by atoms with Crippen molar-refractivity contribution in [2.45, 2.75) is 6.92 Å². The Kier molecular flexibility index (Phi) is 5.60. The summed E-state index contributed by atoms with van der Waals surface area (Å²) in [6.45, 7) is 1.96. The molecule has 0 radical (unpaired) electrons. The molecule has 0 bridgehead atoms. The Hall–Kier alpha value is -4.38. The SMILES string of the molecule is COc1cc(/C=C/c2nc(-c3ccccc3)c(-c3ccccc3)o2)ccc1-n1cnc(C)c1. The Morgan fingerprint density at radius 2 is 1.61 bits per heavy atom. The van der Waals surface area contributed by atoms with E-state index < -0.39 is 0 Å². The maximum absolute atomic E-state index is 6.19. The van der Waals surface area contributed by atoms with Crippen molar-refractivity contribution in [2.75, 3.05) is 7.11 Å². The van der Waals surface area contributed by atoms with Crippen molar-refractivity contribution in [3.63, 3.8) is 0 Å². The van der Waals surface area contributed by atoms with Crippen LogP contribution in [-0.4, -0.2) is 21.6 Å². The molecule has 2 aromatic heterocycles. The zero-order chi connectivity index (χ0) is 22.6. The van der Waals surface area contributed by atoms with Crippen LogP contribution < -0.4 is 4.74 Å². The fraction of sp³-hybridized carbons (Fsp3) is 0.0714. The molecule has 0 amide bonds. The van der Waals surface area contributed by atoms with Crippen LogP contribution in [0.2, 0.25) is 0 Å². The molecule has 0 spiro atoms. The summed E-state index contributed by atoms with van der Waals surface area (Å²) < 4.78 is 13.8. The summed E-state index contributed by atoms with van der Waals surface area (Å²) in [6.07, 6.45) is 7.61. The van der Waals surface area contributed by atoms with Crippen molar-refractivity contribution in [2.24, 2.45) is 0 Å². The normalized spacial score (nSPS) is 11.2. The molecule has 0 N–H and O–H groups in total. The average molecular weight is 434 g/mol. The summed E-state index contributed by atoms with van der Waals surface area (Å²) in [5.41, 5.74) is 5.70. The van der Waals surface area contributed by atoms with E-state index >= 15 is 0 Å². The minimum absolute atomic E-state index is 0.543. The van der Waals surface area contributed by atoms with Gasteiger partial charge in [0.2, 0.25) is 5.89 Å². The number of hydrogen-bond donors (Lipinski definition) is 0. The van der Waals surface area contributed by atoms with Crippen molar-refractivity contribution in [1.29, 1.82) is 0 Å². The Bertz CT molecular complexity index is 1340. The van der Waals surface area contributed by atoms with Gasteiger partial charge in [0.15, 0.2) is 5.76 Å². The molecule has 5 heteroatoms. The van der Waals surface area contributed by atoms with Gasteiger partial charge in [-0.3, -0.25) is 0 Å². The van der Waals surface area contributed by atoms with E-state index in [9.17, 15) is 0 Å². The molecule has 5 rings (SSSR count). The van der Waals surface area contributed by atoms with E-state index in [0.29, 0.717) is 5.89 Å². The van der Waals surface area contributed by atoms with Crippen LogP contribution in [0.1, 0.15) is 17.1 Å². The van der Waals surface area contributed by atoms with Gasteiger partial charge in [-0.2, -0.15) is 0 Å². The van der Waals surface area contributed by atoms with Crippen LogP contribution in [0.4, 0.5) is 0 Å². The molecule has 0 aliphatic heterocycles. The van der Waals surface area contributed by atoms with Crippen molar-refractivity contribution in [1.82, 2.24) is 14.5 Å². The molecule has 0 saturated heterocycles. The first-order valence-electron chi connectivity index (χ1n) is 10.7. The third-order valence-electron chi connectivity index (χ3n) is 5.34. The molecule has 0 saturated carbocycles. The highest BCUT2D eigenvalue weighted by atomic mass is 16.5. The summed E-state index contributed by atoms with van der Waals surface area (Å²) in [6, 6.07) is 26.2. The predicted molar refractivity (Wildman–Crippen MR) is 131 cm³/mol. The van der Waals surface area contributed by atoms with E-state index in [0.717, 1.165) is 45.3 Å². The molecule has 5 nitrogen and oxygen atoms in total. The molecule has 0 unspecified atom stereocenters. The quantitative estimate of drug-likeness (QED) is 0.300. The minimum atomic E-state index is 0.543. The largest absolute Gasteiger partial charge is 0.495 e. The highest BCUT2D eigenvalue weighted by molar-refractivity contribution is 5.79. The van der Waals surface area contributed by atoms with Crippen LogP contribution >= 0.6 is 0 Å². The third kappa shape index (κ3) is 4.34. The number of benzene rings is 3. The lowest BCUT2D eigenvalue weighted by Gasteiger charge is -2.09. The smallest absolute Gasteiger partial charge is 0.220 e. The Balaban J connectivity index is 1.49. The second-order valence-electron chi connectivity index (χ2n) is 7.65. The first kappa shape index (κ1) is 20.5. The van der Waals surface area contributed by atoms with Gasteiger partial charge in [0.25, 0.3) is 0 Å². The fourth-order valence-electron chi connectivity index (χ4n) is 3.72. The van der Waals surface area contributed by atoms with Gasteiger partial charge in [0.1, 0.15) is 11.4 Å². The first-order chi connectivity index (χ1) is 16.2. The summed E-state index contributed by atoms with van der Waals surface area (Å²) in [5, 5.41) is 0. The lowest BCUT2D eigenvalue weighted by Crippen LogP contribution is -1.95. The van der Waals surface area contributed by atoms with Crippen molar-refractivity contribution < 1.29 is 9.15 Å². The lowest BCUT2D eigenvalue weighted by molar-refractivity contribution is 0.413. The number of oxazole rings is 1. The number of imidazole rings is 1. The number of nitrogens with zero attached hydrogens (tertiary/aromatic N) is 3. The summed E-state index contributed by atoms with van der Waals surface area (Å²) in [5.74, 6) is 2.06. The minimum Gasteiger partial charge on any atom is -0.495 e. The molecule has 0 fully saturated rings. The highest BCUT2D eigenvalue weighted by Crippen LogP contribution is 2.33. The summed E-state index contributed by atoms with van der Waals surface area (Å²) in [7, 11) is 1.67. The molecule has 0 aliphatic carbocycles. The predicted octanol–water partition coefficient (Wildman–Crippen LogP) is 6.68. The van der Waals surface area contributed by atoms with E-state index in [1.54, 1.807) is 13.4 Å². The number of aromatic nitrogens is 3. The number of methoxy groups -OCH3 is 1. The van der Waals surface area contributed by atoms with E-state index in [-0.39, 0.29) is 0 Å². The summed E-state index contributed by atoms with van der Waals surface area (Å²) >= 11 is 0. The lowest BCUT2D eigenvalue weighted by atomic mass is 10.1. The number of rotatable bonds is 6. The molecule has 3 aromatic carbocycles. The van der Waals surface area contributed by atoms with E-state index in [1.165, 1.54) is 0 Å². The molecule has 2 heterocycles. The topological polar surface area (TPSA) is 53.1 Å². The van der Waals surface area contributed by atoms with Gasteiger partial charge >= 0.3 is 0 Å². The van der Waals surface area contributed by atoms with Crippen LogP contribution in [0, 0.1) is 6.92 Å².